The van der Waals surface area contributed by atoms with Crippen LogP contribution in [-0.4, -0.2) is 0 Å². The third kappa shape index (κ3) is 3.76. The van der Waals surface area contributed by atoms with Crippen LogP contribution in [0.4, 0.5) is 0 Å². The Morgan fingerprint density at radius 2 is 1.96 bits per heavy atom. The minimum absolute atomic E-state index is 0.879. The summed E-state index contributed by atoms with van der Waals surface area (Å²) in [5.41, 5.74) is 8.00. The highest BCUT2D eigenvalue weighted by molar-refractivity contribution is 9.10. The predicted octanol–water partition coefficient (Wildman–Crippen LogP) is 6.37. The monoisotopic (exact) mass is 380 g/mol. The summed E-state index contributed by atoms with van der Waals surface area (Å²) in [7, 11) is 0. The van der Waals surface area contributed by atoms with Gasteiger partial charge in [0.1, 0.15) is 0 Å². The molecular weight excluding hydrogens is 356 g/mol. The Labute approximate surface area is 154 Å². The molecule has 0 spiro atoms. The van der Waals surface area contributed by atoms with Crippen molar-refractivity contribution in [2.45, 2.75) is 52.9 Å². The molecule has 3 rings (SSSR count). The first-order valence-corrected chi connectivity index (χ1v) is 9.77. The van der Waals surface area contributed by atoms with Crippen LogP contribution < -0.4 is 0 Å². The van der Waals surface area contributed by atoms with Crippen LogP contribution in [0.25, 0.3) is 0 Å². The molecule has 0 aromatic heterocycles. The van der Waals surface area contributed by atoms with Crippen LogP contribution in [0.3, 0.4) is 0 Å². The standard InChI is InChI=1S/C23H25Br/c1-4-5-18-7-12-22-17(3)20(10-11-21(22)15-18)9-6-19-8-13-23(24)16(2)14-19/h8,10-11,13-14,18H,4-5,7,12,15H2,1-3H3. The van der Waals surface area contributed by atoms with Crippen LogP contribution in [0.15, 0.2) is 34.8 Å². The first kappa shape index (κ1) is 17.3. The molecule has 2 aromatic carbocycles. The van der Waals surface area contributed by atoms with Crippen LogP contribution in [0.2, 0.25) is 0 Å². The molecule has 0 nitrogen and oxygen atoms in total. The Morgan fingerprint density at radius 1 is 1.12 bits per heavy atom. The first-order chi connectivity index (χ1) is 11.6. The molecular formula is C23H25Br. The number of aryl methyl sites for hydroxylation is 1. The highest BCUT2D eigenvalue weighted by atomic mass is 79.9. The fraction of sp³-hybridized carbons (Fsp3) is 0.391. The van der Waals surface area contributed by atoms with Gasteiger partial charge in [-0.1, -0.05) is 53.6 Å². The average Bonchev–Trinajstić information content (AvgIpc) is 2.57. The lowest BCUT2D eigenvalue weighted by atomic mass is 9.79. The number of rotatable bonds is 2. The van der Waals surface area contributed by atoms with Crippen LogP contribution in [0.5, 0.6) is 0 Å². The van der Waals surface area contributed by atoms with E-state index in [0.717, 1.165) is 16.0 Å². The van der Waals surface area contributed by atoms with Crippen molar-refractivity contribution < 1.29 is 0 Å². The van der Waals surface area contributed by atoms with Crippen molar-refractivity contribution in [3.63, 3.8) is 0 Å². The van der Waals surface area contributed by atoms with Gasteiger partial charge in [-0.2, -0.15) is 0 Å². The second-order valence-electron chi connectivity index (χ2n) is 6.99. The van der Waals surface area contributed by atoms with E-state index in [1.165, 1.54) is 48.8 Å². The van der Waals surface area contributed by atoms with Crippen molar-refractivity contribution in [3.05, 3.63) is 68.2 Å². The van der Waals surface area contributed by atoms with Gasteiger partial charge in [0, 0.05) is 15.6 Å². The highest BCUT2D eigenvalue weighted by Crippen LogP contribution is 2.31. The lowest BCUT2D eigenvalue weighted by Gasteiger charge is -2.26. The van der Waals surface area contributed by atoms with Crippen molar-refractivity contribution in [3.8, 4) is 11.8 Å². The van der Waals surface area contributed by atoms with Crippen molar-refractivity contribution in [1.29, 1.82) is 0 Å². The largest absolute Gasteiger partial charge is 0.0654 e. The third-order valence-electron chi connectivity index (χ3n) is 5.20. The Kier molecular flexibility index (Phi) is 5.47. The van der Waals surface area contributed by atoms with Gasteiger partial charge in [-0.3, -0.25) is 0 Å². The van der Waals surface area contributed by atoms with Gasteiger partial charge in [0.05, 0.1) is 0 Å². The zero-order chi connectivity index (χ0) is 17.1. The summed E-state index contributed by atoms with van der Waals surface area (Å²) in [6.45, 7) is 6.64. The summed E-state index contributed by atoms with van der Waals surface area (Å²) < 4.78 is 1.14. The zero-order valence-corrected chi connectivity index (χ0v) is 16.5. The minimum Gasteiger partial charge on any atom is -0.0654 e. The molecule has 0 radical (unpaired) electrons. The van der Waals surface area contributed by atoms with Crippen molar-refractivity contribution in [1.82, 2.24) is 0 Å². The van der Waals surface area contributed by atoms with Crippen LogP contribution in [-0.2, 0) is 12.8 Å². The molecule has 0 heterocycles. The normalized spacial score (nSPS) is 16.2. The zero-order valence-electron chi connectivity index (χ0n) is 14.9. The SMILES string of the molecule is CCCC1CCc2c(ccc(C#Cc3ccc(Br)c(C)c3)c2C)C1. The molecule has 1 aliphatic rings. The topological polar surface area (TPSA) is 0 Å². The fourth-order valence-electron chi connectivity index (χ4n) is 3.77. The molecule has 0 amide bonds. The second-order valence-corrected chi connectivity index (χ2v) is 7.84. The van der Waals surface area contributed by atoms with Crippen LogP contribution in [0.1, 0.15) is 59.6 Å². The fourth-order valence-corrected chi connectivity index (χ4v) is 4.01. The van der Waals surface area contributed by atoms with Crippen molar-refractivity contribution in [2.24, 2.45) is 5.92 Å². The predicted molar refractivity (Wildman–Crippen MR) is 106 cm³/mol. The lowest BCUT2D eigenvalue weighted by Crippen LogP contribution is -2.15. The molecule has 0 saturated carbocycles. The number of hydrogen-bond acceptors (Lipinski definition) is 0. The maximum atomic E-state index is 3.55. The molecule has 1 heteroatoms. The van der Waals surface area contributed by atoms with Crippen molar-refractivity contribution in [2.75, 3.05) is 0 Å². The molecule has 0 N–H and O–H groups in total. The van der Waals surface area contributed by atoms with E-state index in [-0.39, 0.29) is 0 Å². The quantitative estimate of drug-likeness (QED) is 0.530. The number of halogens is 1. The molecule has 0 aliphatic heterocycles. The van der Waals surface area contributed by atoms with E-state index < -0.39 is 0 Å². The Bertz CT molecular complexity index is 805. The van der Waals surface area contributed by atoms with Gasteiger partial charge in [-0.25, -0.2) is 0 Å². The Balaban J connectivity index is 1.86. The second kappa shape index (κ2) is 7.58. The van der Waals surface area contributed by atoms with Crippen LogP contribution in [0, 0.1) is 31.6 Å². The number of hydrogen-bond donors (Lipinski definition) is 0. The minimum atomic E-state index is 0.879. The molecule has 1 unspecified atom stereocenters. The van der Waals surface area contributed by atoms with Gasteiger partial charge in [-0.05, 0) is 85.5 Å². The molecule has 24 heavy (non-hydrogen) atoms. The molecule has 0 saturated heterocycles. The van der Waals surface area contributed by atoms with Crippen molar-refractivity contribution >= 4 is 15.9 Å². The van der Waals surface area contributed by atoms with E-state index in [1.807, 2.05) is 0 Å². The van der Waals surface area contributed by atoms with E-state index in [0.29, 0.717) is 0 Å². The summed E-state index contributed by atoms with van der Waals surface area (Å²) >= 11 is 3.55. The average molecular weight is 381 g/mol. The number of fused-ring (bicyclic) bond motifs is 1. The highest BCUT2D eigenvalue weighted by Gasteiger charge is 2.20. The van der Waals surface area contributed by atoms with Crippen LogP contribution >= 0.6 is 15.9 Å². The molecule has 0 bridgehead atoms. The maximum Gasteiger partial charge on any atom is 0.0281 e. The smallest absolute Gasteiger partial charge is 0.0281 e. The summed E-state index contributed by atoms with van der Waals surface area (Å²) in [4.78, 5) is 0. The summed E-state index contributed by atoms with van der Waals surface area (Å²) in [6.07, 6.45) is 6.48. The summed E-state index contributed by atoms with van der Waals surface area (Å²) in [6, 6.07) is 10.8. The number of benzene rings is 2. The summed E-state index contributed by atoms with van der Waals surface area (Å²) in [5.74, 6) is 7.61. The summed E-state index contributed by atoms with van der Waals surface area (Å²) in [5, 5.41) is 0. The van der Waals surface area contributed by atoms with Gasteiger partial charge in [0.15, 0.2) is 0 Å². The van der Waals surface area contributed by atoms with E-state index >= 15 is 0 Å². The van der Waals surface area contributed by atoms with Gasteiger partial charge < -0.3 is 0 Å². The van der Waals surface area contributed by atoms with E-state index in [1.54, 1.807) is 11.1 Å². The maximum absolute atomic E-state index is 3.55. The molecule has 2 aromatic rings. The molecule has 1 aliphatic carbocycles. The lowest BCUT2D eigenvalue weighted by molar-refractivity contribution is 0.422. The van der Waals surface area contributed by atoms with E-state index in [2.05, 4.69) is 78.9 Å². The molecule has 124 valence electrons. The molecule has 0 fully saturated rings. The van der Waals surface area contributed by atoms with Gasteiger partial charge in [0.25, 0.3) is 0 Å². The van der Waals surface area contributed by atoms with Gasteiger partial charge in [-0.15, -0.1) is 0 Å². The Morgan fingerprint density at radius 3 is 2.71 bits per heavy atom. The Hall–Kier alpha value is -1.52. The van der Waals surface area contributed by atoms with Gasteiger partial charge >= 0.3 is 0 Å². The molecule has 1 atom stereocenters. The third-order valence-corrected chi connectivity index (χ3v) is 6.09. The van der Waals surface area contributed by atoms with E-state index in [4.69, 9.17) is 0 Å². The van der Waals surface area contributed by atoms with Gasteiger partial charge in [0.2, 0.25) is 0 Å². The first-order valence-electron chi connectivity index (χ1n) is 8.98. The van der Waals surface area contributed by atoms with E-state index in [9.17, 15) is 0 Å².